The second-order valence-corrected chi connectivity index (χ2v) is 4.22. The maximum Gasteiger partial charge on any atom is 0.342 e. The zero-order chi connectivity index (χ0) is 11.0. The number of rotatable bonds is 2. The number of carbonyl (C=O) groups excluding carboxylic acids is 1. The molecular weight excluding hydrogens is 260 g/mol. The van der Waals surface area contributed by atoms with Crippen molar-refractivity contribution in [2.45, 2.75) is 6.10 Å². The number of amides is 1. The number of halogens is 1. The van der Waals surface area contributed by atoms with Crippen LogP contribution in [0.25, 0.3) is 10.9 Å². The first-order valence-electron chi connectivity index (χ1n) is 4.40. The van der Waals surface area contributed by atoms with E-state index < -0.39 is 12.0 Å². The molecule has 0 spiro atoms. The van der Waals surface area contributed by atoms with Gasteiger partial charge >= 0.3 is 5.91 Å². The fourth-order valence-corrected chi connectivity index (χ4v) is 1.88. The van der Waals surface area contributed by atoms with Gasteiger partial charge in [0.1, 0.15) is 0 Å². The molecule has 2 aromatic rings. The van der Waals surface area contributed by atoms with Gasteiger partial charge in [0.2, 0.25) is 0 Å². The topological polar surface area (TPSA) is 80.7 Å². The van der Waals surface area contributed by atoms with Gasteiger partial charge in [0.25, 0.3) is 0 Å². The van der Waals surface area contributed by atoms with E-state index in [4.69, 9.17) is 0 Å². The maximum atomic E-state index is 11.0. The molecule has 1 aromatic carbocycles. The molecule has 1 amide bonds. The lowest BCUT2D eigenvalue weighted by molar-refractivity contribution is -0.315. The number of hydrogen-bond donors (Lipinski definition) is 3. The number of H-pyrrole nitrogens is 1. The van der Waals surface area contributed by atoms with Crippen molar-refractivity contribution in [1.82, 2.24) is 4.98 Å². The predicted molar refractivity (Wildman–Crippen MR) is 58.9 cm³/mol. The van der Waals surface area contributed by atoms with Gasteiger partial charge in [-0.15, -0.1) is 0 Å². The second-order valence-electron chi connectivity index (χ2n) is 3.30. The number of fused-ring (bicyclic) bond motifs is 1. The third kappa shape index (κ3) is 1.81. The molecule has 1 unspecified atom stereocenters. The monoisotopic (exact) mass is 269 g/mol. The van der Waals surface area contributed by atoms with Crippen molar-refractivity contribution in [3.8, 4) is 0 Å². The third-order valence-electron chi connectivity index (χ3n) is 2.28. The molecule has 5 N–H and O–H groups in total. The Morgan fingerprint density at radius 1 is 1.53 bits per heavy atom. The molecule has 78 valence electrons. The second kappa shape index (κ2) is 3.77. The number of aromatic amines is 1. The van der Waals surface area contributed by atoms with Crippen LogP contribution in [-0.4, -0.2) is 16.0 Å². The normalized spacial score (nSPS) is 13.0. The number of carbonyl (C=O) groups is 1. The molecule has 0 saturated heterocycles. The van der Waals surface area contributed by atoms with Crippen LogP contribution in [0.5, 0.6) is 0 Å². The smallest absolute Gasteiger partial charge is 0.342 e. The van der Waals surface area contributed by atoms with Crippen molar-refractivity contribution in [3.05, 3.63) is 34.4 Å². The summed E-state index contributed by atoms with van der Waals surface area (Å²) in [5.74, 6) is -0.501. The van der Waals surface area contributed by atoms with Crippen LogP contribution in [0.4, 0.5) is 0 Å². The van der Waals surface area contributed by atoms with Crippen LogP contribution in [-0.2, 0) is 4.79 Å². The molecule has 0 aliphatic carbocycles. The molecular formula is C10H10BrN2O2+. The summed E-state index contributed by atoms with van der Waals surface area (Å²) in [5.41, 5.74) is 4.65. The minimum atomic E-state index is -1.15. The molecule has 5 heteroatoms. The van der Waals surface area contributed by atoms with Crippen molar-refractivity contribution in [3.63, 3.8) is 0 Å². The van der Waals surface area contributed by atoms with E-state index in [1.807, 2.05) is 18.2 Å². The zero-order valence-electron chi connectivity index (χ0n) is 7.83. The fraction of sp³-hybridized carbons (Fsp3) is 0.100. The van der Waals surface area contributed by atoms with E-state index in [1.165, 1.54) is 0 Å². The van der Waals surface area contributed by atoms with Gasteiger partial charge in [-0.3, -0.25) is 5.73 Å². The Morgan fingerprint density at radius 2 is 2.27 bits per heavy atom. The van der Waals surface area contributed by atoms with Crippen molar-refractivity contribution >= 4 is 32.7 Å². The molecule has 0 fully saturated rings. The summed E-state index contributed by atoms with van der Waals surface area (Å²) in [6, 6.07) is 5.59. The van der Waals surface area contributed by atoms with Crippen LogP contribution in [0.15, 0.2) is 28.9 Å². The highest BCUT2D eigenvalue weighted by Crippen LogP contribution is 2.26. The van der Waals surface area contributed by atoms with E-state index in [-0.39, 0.29) is 0 Å². The zero-order valence-corrected chi connectivity index (χ0v) is 9.41. The highest BCUT2D eigenvalue weighted by Gasteiger charge is 2.20. The molecule has 1 aromatic heterocycles. The summed E-state index contributed by atoms with van der Waals surface area (Å²) in [6.07, 6.45) is 0.477. The van der Waals surface area contributed by atoms with Crippen LogP contribution < -0.4 is 5.73 Å². The quantitative estimate of drug-likeness (QED) is 0.752. The number of quaternary nitrogens is 1. The molecule has 0 bridgehead atoms. The molecule has 0 aliphatic heterocycles. The Labute approximate surface area is 94.2 Å². The standard InChI is InChI=1S/C10H9BrN2O2/c11-5-1-2-6-7(9(14)10(12)15)4-13-8(6)3-5/h1-4,9,13-14H,(H2,12,15)/p+1. The average molecular weight is 270 g/mol. The van der Waals surface area contributed by atoms with Gasteiger partial charge in [-0.2, -0.15) is 0 Å². The SMILES string of the molecule is [NH3+]C(=O)C(O)c1c[nH]c2cc(Br)ccc12. The lowest BCUT2D eigenvalue weighted by Crippen LogP contribution is -2.59. The summed E-state index contributed by atoms with van der Waals surface area (Å²) in [7, 11) is 0. The Kier molecular flexibility index (Phi) is 2.60. The molecule has 2 rings (SSSR count). The van der Waals surface area contributed by atoms with Gasteiger partial charge in [-0.1, -0.05) is 22.0 Å². The third-order valence-corrected chi connectivity index (χ3v) is 2.77. The van der Waals surface area contributed by atoms with Crippen LogP contribution >= 0.6 is 15.9 Å². The van der Waals surface area contributed by atoms with Gasteiger partial charge in [0.05, 0.1) is 0 Å². The van der Waals surface area contributed by atoms with Crippen LogP contribution in [0.1, 0.15) is 11.7 Å². The Hall–Kier alpha value is -1.17. The minimum Gasteiger partial charge on any atom is -0.375 e. The summed E-state index contributed by atoms with van der Waals surface area (Å²) in [4.78, 5) is 14.0. The lowest BCUT2D eigenvalue weighted by Gasteiger charge is -2.01. The van der Waals surface area contributed by atoms with E-state index in [0.29, 0.717) is 5.56 Å². The van der Waals surface area contributed by atoms with E-state index in [2.05, 4.69) is 26.6 Å². The summed E-state index contributed by atoms with van der Waals surface area (Å²) in [6.45, 7) is 0. The van der Waals surface area contributed by atoms with Crippen molar-refractivity contribution in [1.29, 1.82) is 0 Å². The Bertz CT molecular complexity index is 521. The largest absolute Gasteiger partial charge is 0.375 e. The molecule has 1 heterocycles. The fourth-order valence-electron chi connectivity index (χ4n) is 1.52. The summed E-state index contributed by atoms with van der Waals surface area (Å²) < 4.78 is 0.943. The van der Waals surface area contributed by atoms with Gasteiger partial charge < -0.3 is 10.1 Å². The number of aliphatic hydroxyl groups is 1. The molecule has 0 aliphatic rings. The lowest BCUT2D eigenvalue weighted by atomic mass is 10.1. The first-order valence-corrected chi connectivity index (χ1v) is 5.19. The van der Waals surface area contributed by atoms with Crippen molar-refractivity contribution < 1.29 is 15.6 Å². The average Bonchev–Trinajstić information content (AvgIpc) is 2.59. The van der Waals surface area contributed by atoms with Crippen molar-refractivity contribution in [2.24, 2.45) is 0 Å². The number of aliphatic hydroxyl groups excluding tert-OH is 1. The molecule has 1 atom stereocenters. The molecule has 0 radical (unpaired) electrons. The van der Waals surface area contributed by atoms with E-state index in [9.17, 15) is 9.90 Å². The van der Waals surface area contributed by atoms with Gasteiger partial charge in [-0.25, -0.2) is 4.79 Å². The van der Waals surface area contributed by atoms with Gasteiger partial charge in [-0.05, 0) is 12.1 Å². The first kappa shape index (κ1) is 10.4. The minimum absolute atomic E-state index is 0.501. The number of hydrogen-bond acceptors (Lipinski definition) is 2. The molecule has 0 saturated carbocycles. The first-order chi connectivity index (χ1) is 7.09. The molecule has 4 nitrogen and oxygen atoms in total. The van der Waals surface area contributed by atoms with Crippen LogP contribution in [0.3, 0.4) is 0 Å². The number of nitrogens with one attached hydrogen (secondary N) is 1. The predicted octanol–water partition coefficient (Wildman–Crippen LogP) is 0.732. The summed E-state index contributed by atoms with van der Waals surface area (Å²) >= 11 is 3.35. The van der Waals surface area contributed by atoms with E-state index in [1.54, 1.807) is 6.20 Å². The highest BCUT2D eigenvalue weighted by atomic mass is 79.9. The number of benzene rings is 1. The van der Waals surface area contributed by atoms with E-state index in [0.717, 1.165) is 15.4 Å². The van der Waals surface area contributed by atoms with Gasteiger partial charge in [0.15, 0.2) is 6.10 Å². The van der Waals surface area contributed by atoms with Crippen LogP contribution in [0, 0.1) is 0 Å². The van der Waals surface area contributed by atoms with Crippen LogP contribution in [0.2, 0.25) is 0 Å². The molecule has 15 heavy (non-hydrogen) atoms. The summed E-state index contributed by atoms with van der Waals surface area (Å²) in [5, 5.41) is 10.4. The Morgan fingerprint density at radius 3 is 2.93 bits per heavy atom. The van der Waals surface area contributed by atoms with Gasteiger partial charge in [0, 0.05) is 27.1 Å². The highest BCUT2D eigenvalue weighted by molar-refractivity contribution is 9.10. The Balaban J connectivity index is 2.59. The van der Waals surface area contributed by atoms with Crippen molar-refractivity contribution in [2.75, 3.05) is 0 Å². The van der Waals surface area contributed by atoms with E-state index >= 15 is 0 Å². The maximum absolute atomic E-state index is 11.0. The number of aromatic nitrogens is 1.